The number of ether oxygens (including phenoxy) is 1. The Morgan fingerprint density at radius 3 is 2.65 bits per heavy atom. The second kappa shape index (κ2) is 5.60. The third-order valence-corrected chi connectivity index (χ3v) is 2.92. The second-order valence-electron chi connectivity index (χ2n) is 4.33. The van der Waals surface area contributed by atoms with Crippen LogP contribution in [0.25, 0.3) is 0 Å². The number of carbonyl (C=O) groups excluding carboxylic acids is 2. The minimum absolute atomic E-state index is 0.0451. The van der Waals surface area contributed by atoms with Gasteiger partial charge in [0.05, 0.1) is 6.54 Å². The molecule has 0 atom stereocenters. The van der Waals surface area contributed by atoms with Gasteiger partial charge in [0.15, 0.2) is 0 Å². The van der Waals surface area contributed by atoms with Gasteiger partial charge < -0.3 is 14.7 Å². The summed E-state index contributed by atoms with van der Waals surface area (Å²) in [7, 11) is 1.54. The number of carbonyl (C=O) groups is 3. The first-order chi connectivity index (χ1) is 9.50. The van der Waals surface area contributed by atoms with Crippen LogP contribution in [0.2, 0.25) is 0 Å². The van der Waals surface area contributed by atoms with E-state index in [1.165, 1.54) is 17.0 Å². The van der Waals surface area contributed by atoms with Crippen LogP contribution in [0.1, 0.15) is 10.4 Å². The lowest BCUT2D eigenvalue weighted by atomic mass is 10.2. The van der Waals surface area contributed by atoms with E-state index in [9.17, 15) is 14.4 Å². The summed E-state index contributed by atoms with van der Waals surface area (Å²) < 4.78 is 5.35. The molecule has 0 aliphatic carbocycles. The maximum absolute atomic E-state index is 11.6. The van der Waals surface area contributed by atoms with Gasteiger partial charge in [0.1, 0.15) is 24.5 Å². The van der Waals surface area contributed by atoms with Gasteiger partial charge in [0, 0.05) is 7.05 Å². The van der Waals surface area contributed by atoms with Crippen LogP contribution in [0.3, 0.4) is 0 Å². The molecule has 7 heteroatoms. The molecule has 1 aromatic carbocycles. The monoisotopic (exact) mass is 278 g/mol. The van der Waals surface area contributed by atoms with Crippen molar-refractivity contribution in [2.45, 2.75) is 0 Å². The number of imide groups is 1. The number of carboxylic acids is 1. The Kier molecular flexibility index (Phi) is 3.88. The van der Waals surface area contributed by atoms with Crippen molar-refractivity contribution in [1.82, 2.24) is 9.80 Å². The first-order valence-electron chi connectivity index (χ1n) is 6.01. The number of urea groups is 1. The third kappa shape index (κ3) is 2.71. The second-order valence-corrected chi connectivity index (χ2v) is 4.33. The number of benzene rings is 1. The molecule has 1 aromatic rings. The maximum atomic E-state index is 11.6. The predicted molar refractivity (Wildman–Crippen MR) is 68.6 cm³/mol. The fourth-order valence-electron chi connectivity index (χ4n) is 1.91. The molecule has 20 heavy (non-hydrogen) atoms. The minimum Gasteiger partial charge on any atom is -0.491 e. The number of para-hydroxylation sites is 1. The van der Waals surface area contributed by atoms with Gasteiger partial charge in [-0.3, -0.25) is 9.69 Å². The summed E-state index contributed by atoms with van der Waals surface area (Å²) in [6, 6.07) is 5.84. The van der Waals surface area contributed by atoms with Crippen LogP contribution in [-0.2, 0) is 4.79 Å². The molecular formula is C13H14N2O5. The largest absolute Gasteiger partial charge is 0.491 e. The summed E-state index contributed by atoms with van der Waals surface area (Å²) in [4.78, 5) is 36.5. The highest BCUT2D eigenvalue weighted by Crippen LogP contribution is 2.18. The number of amides is 3. The van der Waals surface area contributed by atoms with Gasteiger partial charge in [-0.25, -0.2) is 9.59 Å². The highest BCUT2D eigenvalue weighted by molar-refractivity contribution is 6.01. The highest BCUT2D eigenvalue weighted by atomic mass is 16.5. The highest BCUT2D eigenvalue weighted by Gasteiger charge is 2.33. The molecule has 7 nitrogen and oxygen atoms in total. The van der Waals surface area contributed by atoms with Gasteiger partial charge in [0.2, 0.25) is 5.91 Å². The van der Waals surface area contributed by atoms with Crippen LogP contribution in [0.5, 0.6) is 5.75 Å². The van der Waals surface area contributed by atoms with E-state index in [4.69, 9.17) is 9.84 Å². The van der Waals surface area contributed by atoms with Crippen molar-refractivity contribution in [3.05, 3.63) is 29.8 Å². The summed E-state index contributed by atoms with van der Waals surface area (Å²) in [5.41, 5.74) is 0.0451. The van der Waals surface area contributed by atoms with Gasteiger partial charge in [0.25, 0.3) is 0 Å². The SMILES string of the molecule is CN1CC(=O)N(CCOc2ccccc2C(=O)O)C1=O. The van der Waals surface area contributed by atoms with Crippen molar-refractivity contribution in [1.29, 1.82) is 0 Å². The molecule has 0 unspecified atom stereocenters. The number of hydrogen-bond acceptors (Lipinski definition) is 4. The Hall–Kier alpha value is -2.57. The number of nitrogens with zero attached hydrogens (tertiary/aromatic N) is 2. The Morgan fingerprint density at radius 1 is 1.35 bits per heavy atom. The third-order valence-electron chi connectivity index (χ3n) is 2.92. The van der Waals surface area contributed by atoms with Gasteiger partial charge >= 0.3 is 12.0 Å². The van der Waals surface area contributed by atoms with Crippen molar-refractivity contribution >= 4 is 17.9 Å². The molecule has 3 amide bonds. The van der Waals surface area contributed by atoms with Crippen molar-refractivity contribution in [2.24, 2.45) is 0 Å². The minimum atomic E-state index is -1.09. The van der Waals surface area contributed by atoms with E-state index >= 15 is 0 Å². The zero-order valence-corrected chi connectivity index (χ0v) is 10.9. The van der Waals surface area contributed by atoms with Gasteiger partial charge in [-0.1, -0.05) is 12.1 Å². The summed E-state index contributed by atoms with van der Waals surface area (Å²) in [5.74, 6) is -1.16. The van der Waals surface area contributed by atoms with Crippen LogP contribution < -0.4 is 4.74 Å². The van der Waals surface area contributed by atoms with Gasteiger partial charge in [-0.2, -0.15) is 0 Å². The molecule has 0 spiro atoms. The Labute approximate surface area is 115 Å². The molecule has 1 aliphatic heterocycles. The van der Waals surface area contributed by atoms with Gasteiger partial charge in [-0.05, 0) is 12.1 Å². The normalized spacial score (nSPS) is 14.8. The lowest BCUT2D eigenvalue weighted by Crippen LogP contribution is -2.35. The first kappa shape index (κ1) is 13.9. The number of carboxylic acid groups (broad SMARTS) is 1. The predicted octanol–water partition coefficient (Wildman–Crippen LogP) is 0.658. The van der Waals surface area contributed by atoms with Crippen LogP contribution in [0, 0.1) is 0 Å². The van der Waals surface area contributed by atoms with E-state index in [0.29, 0.717) is 0 Å². The molecule has 106 valence electrons. The Balaban J connectivity index is 1.95. The molecule has 1 aliphatic rings. The molecule has 1 saturated heterocycles. The standard InChI is InChI=1S/C13H14N2O5/c1-14-8-11(16)15(13(14)19)6-7-20-10-5-3-2-4-9(10)12(17)18/h2-5H,6-8H2,1H3,(H,17,18). The van der Waals surface area contributed by atoms with E-state index in [-0.39, 0.29) is 42.9 Å². The average molecular weight is 278 g/mol. The van der Waals surface area contributed by atoms with Crippen LogP contribution in [0.4, 0.5) is 4.79 Å². The van der Waals surface area contributed by atoms with Gasteiger partial charge in [-0.15, -0.1) is 0 Å². The number of likely N-dealkylation sites (N-methyl/N-ethyl adjacent to an activating group) is 1. The lowest BCUT2D eigenvalue weighted by Gasteiger charge is -2.15. The summed E-state index contributed by atoms with van der Waals surface area (Å²) >= 11 is 0. The molecule has 2 rings (SSSR count). The maximum Gasteiger partial charge on any atom is 0.339 e. The summed E-state index contributed by atoms with van der Waals surface area (Å²) in [5, 5.41) is 8.99. The number of rotatable bonds is 5. The topological polar surface area (TPSA) is 87.2 Å². The fourth-order valence-corrected chi connectivity index (χ4v) is 1.91. The smallest absolute Gasteiger partial charge is 0.339 e. The van der Waals surface area contributed by atoms with E-state index in [0.717, 1.165) is 4.90 Å². The van der Waals surface area contributed by atoms with Crippen molar-refractivity contribution < 1.29 is 24.2 Å². The molecule has 0 bridgehead atoms. The van der Waals surface area contributed by atoms with E-state index in [1.807, 2.05) is 0 Å². The summed E-state index contributed by atoms with van der Waals surface area (Å²) in [6.45, 7) is 0.204. The summed E-state index contributed by atoms with van der Waals surface area (Å²) in [6.07, 6.45) is 0. The Bertz CT molecular complexity index is 557. The molecule has 1 N–H and O–H groups in total. The van der Waals surface area contributed by atoms with Crippen molar-refractivity contribution in [3.63, 3.8) is 0 Å². The number of hydrogen-bond donors (Lipinski definition) is 1. The average Bonchev–Trinajstić information content (AvgIpc) is 2.65. The van der Waals surface area contributed by atoms with Crippen LogP contribution >= 0.6 is 0 Å². The van der Waals surface area contributed by atoms with Crippen molar-refractivity contribution in [3.8, 4) is 5.75 Å². The zero-order valence-electron chi connectivity index (χ0n) is 10.9. The molecular weight excluding hydrogens is 264 g/mol. The molecule has 1 fully saturated rings. The molecule has 0 aromatic heterocycles. The van der Waals surface area contributed by atoms with Crippen molar-refractivity contribution in [2.75, 3.05) is 26.7 Å². The zero-order chi connectivity index (χ0) is 14.7. The lowest BCUT2D eigenvalue weighted by molar-refractivity contribution is -0.125. The molecule has 1 heterocycles. The van der Waals surface area contributed by atoms with Crippen LogP contribution in [0.15, 0.2) is 24.3 Å². The van der Waals surface area contributed by atoms with E-state index < -0.39 is 5.97 Å². The van der Waals surface area contributed by atoms with Crippen LogP contribution in [-0.4, -0.2) is 59.6 Å². The Morgan fingerprint density at radius 2 is 2.05 bits per heavy atom. The van der Waals surface area contributed by atoms with E-state index in [1.54, 1.807) is 19.2 Å². The van der Waals surface area contributed by atoms with E-state index in [2.05, 4.69) is 0 Å². The fraction of sp³-hybridized carbons (Fsp3) is 0.308. The molecule has 0 radical (unpaired) electrons. The first-order valence-corrected chi connectivity index (χ1v) is 6.01. The number of aromatic carboxylic acids is 1. The quantitative estimate of drug-likeness (QED) is 0.799. The molecule has 0 saturated carbocycles.